The first-order chi connectivity index (χ1) is 21.8. The van der Waals surface area contributed by atoms with Crippen LogP contribution >= 0.6 is 11.3 Å². The molecule has 0 saturated heterocycles. The van der Waals surface area contributed by atoms with E-state index in [9.17, 15) is 0 Å². The zero-order valence-corrected chi connectivity index (χ0v) is 24.5. The number of hydrogen-bond donors (Lipinski definition) is 0. The van der Waals surface area contributed by atoms with Crippen molar-refractivity contribution in [1.29, 1.82) is 0 Å². The van der Waals surface area contributed by atoms with Gasteiger partial charge in [0.15, 0.2) is 11.5 Å². The van der Waals surface area contributed by atoms with Crippen LogP contribution in [0.4, 0.5) is 0 Å². The number of aromatic nitrogens is 3. The highest BCUT2D eigenvalue weighted by Crippen LogP contribution is 2.44. The second-order valence-electron chi connectivity index (χ2n) is 11.1. The second-order valence-corrected chi connectivity index (χ2v) is 12.2. The lowest BCUT2D eigenvalue weighted by Crippen LogP contribution is -1.90. The average molecular weight is 580 g/mol. The lowest BCUT2D eigenvalue weighted by atomic mass is 9.95. The normalized spacial score (nSPS) is 11.6. The fraction of sp³-hybridized carbons (Fsp3) is 0. The van der Waals surface area contributed by atoms with Crippen LogP contribution in [-0.4, -0.2) is 14.6 Å². The summed E-state index contributed by atoms with van der Waals surface area (Å²) >= 11 is 1.87. The summed E-state index contributed by atoms with van der Waals surface area (Å²) in [6.07, 6.45) is 2.06. The van der Waals surface area contributed by atoms with Gasteiger partial charge in [-0.05, 0) is 63.5 Å². The molecule has 3 nitrogen and oxygen atoms in total. The third-order valence-corrected chi connectivity index (χ3v) is 9.76. The van der Waals surface area contributed by atoms with Crippen molar-refractivity contribution < 1.29 is 0 Å². The fourth-order valence-corrected chi connectivity index (χ4v) is 7.51. The standard InChI is InChI=1S/C40H25N3S/c1-3-9-26(10-4-1)31-19-20-37-35(23-31)36-25-32(27-11-5-2-6-12-27)24-34(38(36)44-37)29-15-17-30(18-16-29)39-41-42-40-33-14-8-7-13-28(33)21-22-43(39)40/h1-25H. The molecule has 0 N–H and O–H groups in total. The predicted molar refractivity (Wildman–Crippen MR) is 185 cm³/mol. The monoisotopic (exact) mass is 579 g/mol. The summed E-state index contributed by atoms with van der Waals surface area (Å²) in [5.41, 5.74) is 9.25. The third-order valence-electron chi connectivity index (χ3n) is 8.54. The zero-order valence-electron chi connectivity index (χ0n) is 23.7. The van der Waals surface area contributed by atoms with Crippen molar-refractivity contribution >= 4 is 47.9 Å². The molecule has 0 aliphatic heterocycles. The average Bonchev–Trinajstić information content (AvgIpc) is 3.70. The lowest BCUT2D eigenvalue weighted by Gasteiger charge is -2.10. The maximum atomic E-state index is 4.60. The number of fused-ring (bicyclic) bond motifs is 6. The van der Waals surface area contributed by atoms with E-state index in [4.69, 9.17) is 0 Å². The van der Waals surface area contributed by atoms with Gasteiger partial charge in [0.2, 0.25) is 0 Å². The molecule has 0 unspecified atom stereocenters. The molecule has 0 fully saturated rings. The predicted octanol–water partition coefficient (Wildman–Crippen LogP) is 10.9. The molecule has 0 aliphatic carbocycles. The van der Waals surface area contributed by atoms with Crippen LogP contribution in [0.15, 0.2) is 152 Å². The van der Waals surface area contributed by atoms with Crippen LogP contribution in [0, 0.1) is 0 Å². The van der Waals surface area contributed by atoms with E-state index in [2.05, 4.69) is 160 Å². The van der Waals surface area contributed by atoms with E-state index in [1.54, 1.807) is 0 Å². The Morgan fingerprint density at radius 2 is 1.11 bits per heavy atom. The van der Waals surface area contributed by atoms with Gasteiger partial charge in [-0.1, -0.05) is 115 Å². The van der Waals surface area contributed by atoms with Gasteiger partial charge in [-0.15, -0.1) is 21.5 Å². The Labute approximate surface area is 258 Å². The Hall–Kier alpha value is -5.58. The van der Waals surface area contributed by atoms with Gasteiger partial charge in [0.1, 0.15) is 0 Å². The minimum atomic E-state index is 0.843. The first-order valence-electron chi connectivity index (χ1n) is 14.7. The lowest BCUT2D eigenvalue weighted by molar-refractivity contribution is 1.11. The van der Waals surface area contributed by atoms with Crippen molar-refractivity contribution in [2.45, 2.75) is 0 Å². The third kappa shape index (κ3) is 4.03. The summed E-state index contributed by atoms with van der Waals surface area (Å²) in [5.74, 6) is 0.843. The molecule has 3 heterocycles. The molecular weight excluding hydrogens is 555 g/mol. The maximum Gasteiger partial charge on any atom is 0.168 e. The van der Waals surface area contributed by atoms with Gasteiger partial charge in [-0.25, -0.2) is 0 Å². The number of benzene rings is 6. The van der Waals surface area contributed by atoms with Gasteiger partial charge in [0.05, 0.1) is 0 Å². The molecule has 0 amide bonds. The van der Waals surface area contributed by atoms with Gasteiger partial charge in [-0.2, -0.15) is 0 Å². The summed E-state index contributed by atoms with van der Waals surface area (Å²) in [6, 6.07) is 52.1. The Balaban J connectivity index is 1.21. The van der Waals surface area contributed by atoms with Gasteiger partial charge < -0.3 is 0 Å². The van der Waals surface area contributed by atoms with Crippen LogP contribution in [0.25, 0.3) is 81.4 Å². The van der Waals surface area contributed by atoms with Crippen LogP contribution in [0.1, 0.15) is 0 Å². The summed E-state index contributed by atoms with van der Waals surface area (Å²) in [5, 5.41) is 14.0. The molecule has 3 aromatic heterocycles. The quantitative estimate of drug-likeness (QED) is 0.208. The van der Waals surface area contributed by atoms with Crippen molar-refractivity contribution in [1.82, 2.24) is 14.6 Å². The highest BCUT2D eigenvalue weighted by molar-refractivity contribution is 7.26. The Morgan fingerprint density at radius 1 is 0.455 bits per heavy atom. The molecule has 9 aromatic rings. The second kappa shape index (κ2) is 10.0. The largest absolute Gasteiger partial charge is 0.282 e. The number of thiophene rings is 1. The molecular formula is C40H25N3S. The first-order valence-corrected chi connectivity index (χ1v) is 15.6. The minimum Gasteiger partial charge on any atom is -0.282 e. The maximum absolute atomic E-state index is 4.60. The highest BCUT2D eigenvalue weighted by Gasteiger charge is 2.16. The Bertz CT molecular complexity index is 2470. The Kier molecular flexibility index (Phi) is 5.68. The van der Waals surface area contributed by atoms with Crippen molar-refractivity contribution in [3.05, 3.63) is 152 Å². The summed E-state index contributed by atoms with van der Waals surface area (Å²) in [7, 11) is 0. The van der Waals surface area contributed by atoms with Gasteiger partial charge in [-0.3, -0.25) is 4.40 Å². The van der Waals surface area contributed by atoms with Crippen molar-refractivity contribution in [3.63, 3.8) is 0 Å². The van der Waals surface area contributed by atoms with E-state index in [1.165, 1.54) is 53.6 Å². The molecule has 0 aliphatic rings. The first kappa shape index (κ1) is 25.0. The van der Waals surface area contributed by atoms with Gasteiger partial charge >= 0.3 is 0 Å². The highest BCUT2D eigenvalue weighted by atomic mass is 32.1. The van der Waals surface area contributed by atoms with Crippen molar-refractivity contribution in [2.75, 3.05) is 0 Å². The molecule has 0 atom stereocenters. The van der Waals surface area contributed by atoms with E-state index in [1.807, 2.05) is 17.4 Å². The fourth-order valence-electron chi connectivity index (χ4n) is 6.31. The smallest absolute Gasteiger partial charge is 0.168 e. The minimum absolute atomic E-state index is 0.843. The molecule has 6 aromatic carbocycles. The van der Waals surface area contributed by atoms with Crippen LogP contribution in [-0.2, 0) is 0 Å². The molecule has 206 valence electrons. The van der Waals surface area contributed by atoms with E-state index in [0.717, 1.165) is 27.8 Å². The van der Waals surface area contributed by atoms with Crippen molar-refractivity contribution in [2.24, 2.45) is 0 Å². The van der Waals surface area contributed by atoms with E-state index < -0.39 is 0 Å². The van der Waals surface area contributed by atoms with E-state index in [-0.39, 0.29) is 0 Å². The van der Waals surface area contributed by atoms with Gasteiger partial charge in [0, 0.05) is 42.9 Å². The zero-order chi connectivity index (χ0) is 29.0. The van der Waals surface area contributed by atoms with Gasteiger partial charge in [0.25, 0.3) is 0 Å². The molecule has 4 heteroatoms. The van der Waals surface area contributed by atoms with E-state index in [0.29, 0.717) is 0 Å². The number of hydrogen-bond acceptors (Lipinski definition) is 3. The molecule has 44 heavy (non-hydrogen) atoms. The molecule has 0 saturated carbocycles. The summed E-state index contributed by atoms with van der Waals surface area (Å²) in [6.45, 7) is 0. The molecule has 0 radical (unpaired) electrons. The molecule has 9 rings (SSSR count). The van der Waals surface area contributed by atoms with Crippen molar-refractivity contribution in [3.8, 4) is 44.8 Å². The number of pyridine rings is 1. The van der Waals surface area contributed by atoms with Crippen LogP contribution < -0.4 is 0 Å². The van der Waals surface area contributed by atoms with Crippen LogP contribution in [0.2, 0.25) is 0 Å². The molecule has 0 bridgehead atoms. The number of rotatable bonds is 4. The topological polar surface area (TPSA) is 30.2 Å². The summed E-state index contributed by atoms with van der Waals surface area (Å²) in [4.78, 5) is 0. The Morgan fingerprint density at radius 3 is 1.91 bits per heavy atom. The number of nitrogens with zero attached hydrogens (tertiary/aromatic N) is 3. The van der Waals surface area contributed by atoms with Crippen LogP contribution in [0.3, 0.4) is 0 Å². The molecule has 0 spiro atoms. The van der Waals surface area contributed by atoms with E-state index >= 15 is 0 Å². The van der Waals surface area contributed by atoms with Crippen LogP contribution in [0.5, 0.6) is 0 Å². The SMILES string of the molecule is c1ccc(-c2ccc3sc4c(-c5ccc(-c6nnc7c8ccccc8ccn67)cc5)cc(-c5ccccc5)cc4c3c2)cc1. The summed E-state index contributed by atoms with van der Waals surface area (Å²) < 4.78 is 4.68.